The molecule has 0 radical (unpaired) electrons. The predicted molar refractivity (Wildman–Crippen MR) is 46.6 cm³/mol. The van der Waals surface area contributed by atoms with E-state index < -0.39 is 0 Å². The fourth-order valence-corrected chi connectivity index (χ4v) is 2.26. The van der Waals surface area contributed by atoms with Gasteiger partial charge in [-0.25, -0.2) is 0 Å². The van der Waals surface area contributed by atoms with Gasteiger partial charge >= 0.3 is 0 Å². The zero-order valence-electron chi connectivity index (χ0n) is 7.01. The van der Waals surface area contributed by atoms with Crippen molar-refractivity contribution in [3.8, 4) is 0 Å². The van der Waals surface area contributed by atoms with E-state index in [-0.39, 0.29) is 0 Å². The van der Waals surface area contributed by atoms with Crippen molar-refractivity contribution >= 4 is 5.82 Å². The first-order chi connectivity index (χ1) is 5.81. The minimum atomic E-state index is 0.477. The molecule has 3 heteroatoms. The first-order valence-electron chi connectivity index (χ1n) is 4.63. The van der Waals surface area contributed by atoms with Gasteiger partial charge in [-0.05, 0) is 31.6 Å². The molecule has 2 fully saturated rings. The lowest BCUT2D eigenvalue weighted by Crippen LogP contribution is -2.09. The topological polar surface area (TPSA) is 54.7 Å². The summed E-state index contributed by atoms with van der Waals surface area (Å²) in [7, 11) is 0. The molecule has 1 aromatic rings. The molecule has 0 bridgehead atoms. The van der Waals surface area contributed by atoms with Gasteiger partial charge in [-0.15, -0.1) is 0 Å². The standard InChI is InChI=1S/C9H13N3/c10-8-5-7(11-12-8)9(3-4-9)6-1-2-6/h5-6H,1-4H2,(H3,10,11,12). The molecule has 3 nitrogen and oxygen atoms in total. The normalized spacial score (nSPS) is 25.7. The fourth-order valence-electron chi connectivity index (χ4n) is 2.26. The van der Waals surface area contributed by atoms with E-state index in [9.17, 15) is 0 Å². The molecule has 0 saturated heterocycles. The van der Waals surface area contributed by atoms with Crippen LogP contribution in [0.4, 0.5) is 5.82 Å². The first kappa shape index (κ1) is 6.52. The van der Waals surface area contributed by atoms with Crippen molar-refractivity contribution in [2.24, 2.45) is 5.92 Å². The van der Waals surface area contributed by atoms with E-state index in [0.29, 0.717) is 11.2 Å². The number of nitrogens with two attached hydrogens (primary N) is 1. The Bertz CT molecular complexity index is 307. The van der Waals surface area contributed by atoms with Crippen LogP contribution < -0.4 is 5.73 Å². The maximum absolute atomic E-state index is 5.58. The smallest absolute Gasteiger partial charge is 0.145 e. The van der Waals surface area contributed by atoms with E-state index in [0.717, 1.165) is 5.92 Å². The Kier molecular flexibility index (Phi) is 1.000. The number of H-pyrrole nitrogens is 1. The highest BCUT2D eigenvalue weighted by molar-refractivity contribution is 5.37. The Morgan fingerprint density at radius 3 is 2.67 bits per heavy atom. The number of rotatable bonds is 2. The molecule has 1 heterocycles. The van der Waals surface area contributed by atoms with Crippen molar-refractivity contribution in [2.75, 3.05) is 5.73 Å². The molecule has 0 amide bonds. The zero-order valence-corrected chi connectivity index (χ0v) is 7.01. The van der Waals surface area contributed by atoms with Gasteiger partial charge in [0, 0.05) is 17.2 Å². The van der Waals surface area contributed by atoms with Crippen LogP contribution in [0.3, 0.4) is 0 Å². The molecular formula is C9H13N3. The second kappa shape index (κ2) is 1.84. The lowest BCUT2D eigenvalue weighted by atomic mass is 9.96. The van der Waals surface area contributed by atoms with Gasteiger partial charge in [0.1, 0.15) is 5.82 Å². The third-order valence-corrected chi connectivity index (χ3v) is 3.28. The van der Waals surface area contributed by atoms with Crippen LogP contribution >= 0.6 is 0 Å². The second-order valence-electron chi connectivity index (χ2n) is 4.14. The van der Waals surface area contributed by atoms with E-state index in [2.05, 4.69) is 10.2 Å². The lowest BCUT2D eigenvalue weighted by molar-refractivity contribution is 0.576. The molecule has 0 unspecified atom stereocenters. The van der Waals surface area contributed by atoms with Crippen LogP contribution in [-0.4, -0.2) is 10.2 Å². The fraction of sp³-hybridized carbons (Fsp3) is 0.667. The monoisotopic (exact) mass is 163 g/mol. The Labute approximate surface area is 71.3 Å². The Balaban J connectivity index is 1.96. The van der Waals surface area contributed by atoms with Crippen LogP contribution in [0, 0.1) is 5.92 Å². The van der Waals surface area contributed by atoms with Gasteiger partial charge in [0.15, 0.2) is 0 Å². The number of hydrogen-bond acceptors (Lipinski definition) is 2. The van der Waals surface area contributed by atoms with Gasteiger partial charge in [-0.1, -0.05) is 0 Å². The average Bonchev–Trinajstić information content (AvgIpc) is 2.92. The summed E-state index contributed by atoms with van der Waals surface area (Å²) in [5.74, 6) is 1.56. The summed E-state index contributed by atoms with van der Waals surface area (Å²) < 4.78 is 0. The third kappa shape index (κ3) is 0.737. The Hall–Kier alpha value is -0.990. The van der Waals surface area contributed by atoms with Gasteiger partial charge in [0.05, 0.1) is 0 Å². The molecule has 0 aliphatic heterocycles. The van der Waals surface area contributed by atoms with Crippen molar-refractivity contribution in [3.05, 3.63) is 11.8 Å². The van der Waals surface area contributed by atoms with Crippen LogP contribution in [0.1, 0.15) is 31.4 Å². The highest BCUT2D eigenvalue weighted by Crippen LogP contribution is 2.61. The maximum Gasteiger partial charge on any atom is 0.145 e. The van der Waals surface area contributed by atoms with Crippen molar-refractivity contribution in [1.82, 2.24) is 10.2 Å². The van der Waals surface area contributed by atoms with Gasteiger partial charge in [-0.2, -0.15) is 5.10 Å². The summed E-state index contributed by atoms with van der Waals surface area (Å²) in [6.45, 7) is 0. The van der Waals surface area contributed by atoms with Gasteiger partial charge in [0.25, 0.3) is 0 Å². The predicted octanol–water partition coefficient (Wildman–Crippen LogP) is 1.43. The maximum atomic E-state index is 5.58. The summed E-state index contributed by atoms with van der Waals surface area (Å²) in [5, 5.41) is 7.04. The molecule has 0 spiro atoms. The molecular weight excluding hydrogens is 150 g/mol. The van der Waals surface area contributed by atoms with Crippen LogP contribution in [0.5, 0.6) is 0 Å². The van der Waals surface area contributed by atoms with E-state index in [4.69, 9.17) is 5.73 Å². The zero-order chi connectivity index (χ0) is 8.18. The molecule has 12 heavy (non-hydrogen) atoms. The molecule has 2 aliphatic rings. The average molecular weight is 163 g/mol. The van der Waals surface area contributed by atoms with E-state index in [1.807, 2.05) is 6.07 Å². The number of aromatic nitrogens is 2. The molecule has 1 aromatic heterocycles. The number of anilines is 1. The molecule has 64 valence electrons. The van der Waals surface area contributed by atoms with Gasteiger partial charge < -0.3 is 5.73 Å². The number of nitrogens with one attached hydrogen (secondary N) is 1. The highest BCUT2D eigenvalue weighted by Gasteiger charge is 2.55. The van der Waals surface area contributed by atoms with Crippen molar-refractivity contribution < 1.29 is 0 Å². The number of hydrogen-bond donors (Lipinski definition) is 2. The molecule has 0 atom stereocenters. The van der Waals surface area contributed by atoms with E-state index in [1.54, 1.807) is 0 Å². The minimum Gasteiger partial charge on any atom is -0.382 e. The van der Waals surface area contributed by atoms with Crippen molar-refractivity contribution in [2.45, 2.75) is 31.1 Å². The molecule has 3 rings (SSSR count). The molecule has 2 saturated carbocycles. The quantitative estimate of drug-likeness (QED) is 0.693. The molecule has 3 N–H and O–H groups in total. The first-order valence-corrected chi connectivity index (χ1v) is 4.63. The number of aromatic amines is 1. The summed E-state index contributed by atoms with van der Waals surface area (Å²) >= 11 is 0. The Morgan fingerprint density at radius 2 is 2.25 bits per heavy atom. The molecule has 2 aliphatic carbocycles. The Morgan fingerprint density at radius 1 is 1.50 bits per heavy atom. The largest absolute Gasteiger partial charge is 0.382 e. The van der Waals surface area contributed by atoms with Crippen LogP contribution in [0.15, 0.2) is 6.07 Å². The van der Waals surface area contributed by atoms with E-state index >= 15 is 0 Å². The summed E-state index contributed by atoms with van der Waals surface area (Å²) in [6.07, 6.45) is 5.47. The second-order valence-corrected chi connectivity index (χ2v) is 4.14. The van der Waals surface area contributed by atoms with Gasteiger partial charge in [0.2, 0.25) is 0 Å². The van der Waals surface area contributed by atoms with Crippen LogP contribution in [0.2, 0.25) is 0 Å². The summed E-state index contributed by atoms with van der Waals surface area (Å²) in [6, 6.07) is 2.01. The SMILES string of the molecule is Nc1cc(C2(C3CC3)CC2)[nH]n1. The van der Waals surface area contributed by atoms with Crippen LogP contribution in [-0.2, 0) is 5.41 Å². The van der Waals surface area contributed by atoms with E-state index in [1.165, 1.54) is 31.4 Å². The third-order valence-electron chi connectivity index (χ3n) is 3.28. The number of nitrogen functional groups attached to an aromatic ring is 1. The molecule has 0 aromatic carbocycles. The van der Waals surface area contributed by atoms with Crippen molar-refractivity contribution in [1.29, 1.82) is 0 Å². The number of nitrogens with zero attached hydrogens (tertiary/aromatic N) is 1. The van der Waals surface area contributed by atoms with Crippen molar-refractivity contribution in [3.63, 3.8) is 0 Å². The summed E-state index contributed by atoms with van der Waals surface area (Å²) in [5.41, 5.74) is 7.34. The van der Waals surface area contributed by atoms with Gasteiger partial charge in [-0.3, -0.25) is 5.10 Å². The summed E-state index contributed by atoms with van der Waals surface area (Å²) in [4.78, 5) is 0. The lowest BCUT2D eigenvalue weighted by Gasteiger charge is -2.09. The highest BCUT2D eigenvalue weighted by atomic mass is 15.2. The van der Waals surface area contributed by atoms with Crippen LogP contribution in [0.25, 0.3) is 0 Å². The minimum absolute atomic E-state index is 0.477.